The summed E-state index contributed by atoms with van der Waals surface area (Å²) in [7, 11) is 0. The van der Waals surface area contributed by atoms with Gasteiger partial charge >= 0.3 is 0 Å². The van der Waals surface area contributed by atoms with Crippen LogP contribution in [-0.4, -0.2) is 0 Å². The van der Waals surface area contributed by atoms with E-state index in [1.165, 1.54) is 43.8 Å². The third-order valence-corrected chi connectivity index (χ3v) is 12.2. The van der Waals surface area contributed by atoms with Gasteiger partial charge in [-0.05, 0) is 97.9 Å². The highest BCUT2D eigenvalue weighted by molar-refractivity contribution is 6.19. The molecule has 3 heteroatoms. The zero-order chi connectivity index (χ0) is 37.1. The number of hydrogen-bond acceptors (Lipinski definition) is 3. The molecular weight excluding hydrogens is 683 g/mol. The number of anilines is 3. The van der Waals surface area contributed by atoms with Gasteiger partial charge in [0.2, 0.25) is 0 Å². The molecule has 0 N–H and O–H groups in total. The Bertz CT molecular complexity index is 3420. The van der Waals surface area contributed by atoms with Gasteiger partial charge in [0.05, 0.1) is 11.4 Å². The summed E-state index contributed by atoms with van der Waals surface area (Å²) in [5, 5.41) is 9.19. The Hall–Kier alpha value is -7.10. The maximum absolute atomic E-state index is 7.06. The van der Waals surface area contributed by atoms with Crippen molar-refractivity contribution >= 4 is 82.5 Å². The average molecular weight is 718 g/mol. The van der Waals surface area contributed by atoms with Crippen LogP contribution in [0.4, 0.5) is 17.1 Å². The zero-order valence-electron chi connectivity index (χ0n) is 31.0. The monoisotopic (exact) mass is 717 g/mol. The smallest absolute Gasteiger partial charge is 0.159 e. The van der Waals surface area contributed by atoms with Crippen molar-refractivity contribution < 1.29 is 8.83 Å². The molecule has 0 saturated carbocycles. The average Bonchev–Trinajstić information content (AvgIpc) is 3.87. The predicted octanol–water partition coefficient (Wildman–Crippen LogP) is 15.2. The van der Waals surface area contributed by atoms with Crippen LogP contribution in [0.15, 0.2) is 185 Å². The van der Waals surface area contributed by atoms with Crippen LogP contribution in [0.2, 0.25) is 0 Å². The summed E-state index contributed by atoms with van der Waals surface area (Å²) in [6.07, 6.45) is 0. The van der Waals surface area contributed by atoms with E-state index < -0.39 is 0 Å². The number of fused-ring (bicyclic) bond motifs is 11. The fraction of sp³-hybridized carbons (Fsp3) is 0.0566. The van der Waals surface area contributed by atoms with Crippen molar-refractivity contribution in [3.8, 4) is 22.3 Å². The van der Waals surface area contributed by atoms with E-state index >= 15 is 0 Å². The predicted molar refractivity (Wildman–Crippen MR) is 234 cm³/mol. The van der Waals surface area contributed by atoms with E-state index in [1.54, 1.807) is 0 Å². The first kappa shape index (κ1) is 31.3. The molecule has 2 heterocycles. The highest BCUT2D eigenvalue weighted by Crippen LogP contribution is 2.52. The molecule has 0 saturated heterocycles. The lowest BCUT2D eigenvalue weighted by molar-refractivity contribution is 0.660. The van der Waals surface area contributed by atoms with Gasteiger partial charge < -0.3 is 13.7 Å². The molecule has 0 bridgehead atoms. The molecule has 9 aromatic carbocycles. The highest BCUT2D eigenvalue weighted by atomic mass is 16.3. The van der Waals surface area contributed by atoms with E-state index in [0.717, 1.165) is 72.1 Å². The van der Waals surface area contributed by atoms with Gasteiger partial charge in [-0.25, -0.2) is 0 Å². The van der Waals surface area contributed by atoms with Crippen LogP contribution in [0.25, 0.3) is 87.7 Å². The lowest BCUT2D eigenvalue weighted by Crippen LogP contribution is -2.16. The number of benzene rings is 9. The maximum Gasteiger partial charge on any atom is 0.159 e. The summed E-state index contributed by atoms with van der Waals surface area (Å²) in [4.78, 5) is 2.34. The van der Waals surface area contributed by atoms with Gasteiger partial charge in [-0.1, -0.05) is 135 Å². The van der Waals surface area contributed by atoms with E-state index in [0.29, 0.717) is 0 Å². The molecule has 0 unspecified atom stereocenters. The van der Waals surface area contributed by atoms with Crippen LogP contribution in [0.1, 0.15) is 25.0 Å². The van der Waals surface area contributed by atoms with E-state index in [-0.39, 0.29) is 5.41 Å². The summed E-state index contributed by atoms with van der Waals surface area (Å²) >= 11 is 0. The van der Waals surface area contributed by atoms with E-state index in [4.69, 9.17) is 8.83 Å². The second-order valence-corrected chi connectivity index (χ2v) is 15.7. The highest BCUT2D eigenvalue weighted by Gasteiger charge is 2.36. The quantitative estimate of drug-likeness (QED) is 0.182. The molecule has 11 aromatic rings. The van der Waals surface area contributed by atoms with Crippen LogP contribution in [0.5, 0.6) is 0 Å². The normalized spacial score (nSPS) is 13.3. The molecule has 2 aromatic heterocycles. The maximum atomic E-state index is 7.06. The van der Waals surface area contributed by atoms with Crippen LogP contribution in [-0.2, 0) is 5.41 Å². The minimum Gasteiger partial charge on any atom is -0.455 e. The van der Waals surface area contributed by atoms with Crippen molar-refractivity contribution in [2.45, 2.75) is 19.3 Å². The van der Waals surface area contributed by atoms with Crippen molar-refractivity contribution in [3.63, 3.8) is 0 Å². The van der Waals surface area contributed by atoms with Crippen molar-refractivity contribution in [2.24, 2.45) is 0 Å². The molecule has 1 aliphatic carbocycles. The Morgan fingerprint density at radius 3 is 2.00 bits per heavy atom. The number of nitrogens with zero attached hydrogens (tertiary/aromatic N) is 1. The number of hydrogen-bond donors (Lipinski definition) is 0. The van der Waals surface area contributed by atoms with Crippen molar-refractivity contribution in [3.05, 3.63) is 187 Å². The largest absolute Gasteiger partial charge is 0.455 e. The standard InChI is InChI=1S/C53H35NO2/c1-53(2)45-19-9-7-16-39(45)40-26-24-36(30-46(40)53)54(47-20-11-18-43-41-17-8-10-21-48(41)55-51(43)47)37-25-27-42-44-29-34-14-5-6-15-38(34)50(52(44)56-49(42)31-37)35-23-22-32-12-3-4-13-33(32)28-35/h3-31H,1-2H3. The number of furan rings is 2. The zero-order valence-corrected chi connectivity index (χ0v) is 31.0. The minimum atomic E-state index is -0.150. The van der Waals surface area contributed by atoms with Crippen LogP contribution in [0.3, 0.4) is 0 Å². The van der Waals surface area contributed by atoms with Gasteiger partial charge in [-0.3, -0.25) is 0 Å². The summed E-state index contributed by atoms with van der Waals surface area (Å²) in [6.45, 7) is 4.67. The second kappa shape index (κ2) is 11.5. The van der Waals surface area contributed by atoms with E-state index in [1.807, 2.05) is 6.07 Å². The fourth-order valence-corrected chi connectivity index (χ4v) is 9.50. The third kappa shape index (κ3) is 4.40. The molecule has 0 amide bonds. The van der Waals surface area contributed by atoms with Gasteiger partial charge in [0.25, 0.3) is 0 Å². The summed E-state index contributed by atoms with van der Waals surface area (Å²) < 4.78 is 13.8. The molecule has 56 heavy (non-hydrogen) atoms. The van der Waals surface area contributed by atoms with E-state index in [9.17, 15) is 0 Å². The second-order valence-electron chi connectivity index (χ2n) is 15.7. The molecule has 1 aliphatic rings. The van der Waals surface area contributed by atoms with Crippen LogP contribution >= 0.6 is 0 Å². The topological polar surface area (TPSA) is 29.5 Å². The Morgan fingerprint density at radius 2 is 1.09 bits per heavy atom. The van der Waals surface area contributed by atoms with Gasteiger partial charge in [0.1, 0.15) is 16.7 Å². The fourth-order valence-electron chi connectivity index (χ4n) is 9.50. The van der Waals surface area contributed by atoms with Crippen LogP contribution < -0.4 is 4.90 Å². The minimum absolute atomic E-state index is 0.150. The molecule has 12 rings (SSSR count). The third-order valence-electron chi connectivity index (χ3n) is 12.2. The number of para-hydroxylation sites is 2. The molecule has 0 spiro atoms. The molecule has 0 fully saturated rings. The SMILES string of the molecule is CC1(C)c2ccccc2-c2ccc(N(c3ccc4c(c3)oc3c(-c5ccc6ccccc6c5)c5ccccc5cc34)c3cccc4c3oc3ccccc34)cc21. The van der Waals surface area contributed by atoms with Gasteiger partial charge in [0.15, 0.2) is 5.58 Å². The first-order valence-electron chi connectivity index (χ1n) is 19.3. The molecule has 3 nitrogen and oxygen atoms in total. The van der Waals surface area contributed by atoms with Crippen molar-refractivity contribution in [2.75, 3.05) is 4.90 Å². The Labute approximate surface area is 323 Å². The Kier molecular flexibility index (Phi) is 6.40. The summed E-state index contributed by atoms with van der Waals surface area (Å²) in [5.41, 5.74) is 13.9. The van der Waals surface area contributed by atoms with Gasteiger partial charge in [-0.15, -0.1) is 0 Å². The molecule has 264 valence electrons. The Balaban J connectivity index is 1.11. The molecular formula is C53H35NO2. The summed E-state index contributed by atoms with van der Waals surface area (Å²) in [5.74, 6) is 0. The number of rotatable bonds is 4. The first-order chi connectivity index (χ1) is 27.5. The Morgan fingerprint density at radius 1 is 0.411 bits per heavy atom. The van der Waals surface area contributed by atoms with Crippen molar-refractivity contribution in [1.82, 2.24) is 0 Å². The first-order valence-corrected chi connectivity index (χ1v) is 19.3. The molecule has 0 aliphatic heterocycles. The summed E-state index contributed by atoms with van der Waals surface area (Å²) in [6, 6.07) is 63.4. The molecule has 0 atom stereocenters. The molecule has 0 radical (unpaired) electrons. The van der Waals surface area contributed by atoms with E-state index in [2.05, 4.69) is 189 Å². The van der Waals surface area contributed by atoms with Crippen LogP contribution in [0, 0.1) is 0 Å². The van der Waals surface area contributed by atoms with Crippen molar-refractivity contribution in [1.29, 1.82) is 0 Å². The lowest BCUT2D eigenvalue weighted by atomic mass is 9.82. The van der Waals surface area contributed by atoms with Gasteiger partial charge in [0, 0.05) is 44.3 Å². The van der Waals surface area contributed by atoms with Gasteiger partial charge in [-0.2, -0.15) is 0 Å². The lowest BCUT2D eigenvalue weighted by Gasteiger charge is -2.28.